The normalized spacial score (nSPS) is 20.5. The van der Waals surface area contributed by atoms with E-state index in [-0.39, 0.29) is 6.42 Å². The minimum Gasteiger partial charge on any atom is -0.211 e. The van der Waals surface area contributed by atoms with E-state index in [0.29, 0.717) is 17.5 Å². The Hall–Kier alpha value is -4.30. The van der Waals surface area contributed by atoms with E-state index in [0.717, 1.165) is 0 Å². The molecule has 0 fully saturated rings. The topological polar surface area (TPSA) is 118 Å². The van der Waals surface area contributed by atoms with Crippen molar-refractivity contribution in [3.8, 4) is 0 Å². The van der Waals surface area contributed by atoms with Crippen LogP contribution in [0.5, 0.6) is 0 Å². The van der Waals surface area contributed by atoms with Crippen LogP contribution in [0.1, 0.15) is 24.0 Å². The molecular weight excluding hydrogens is 396 g/mol. The van der Waals surface area contributed by atoms with Gasteiger partial charge in [0.05, 0.1) is 5.41 Å². The summed E-state index contributed by atoms with van der Waals surface area (Å²) in [5.41, 5.74) is -5.00. The Balaban J connectivity index is 2.57. The van der Waals surface area contributed by atoms with Gasteiger partial charge in [-0.1, -0.05) is 66.7 Å². The molecular formula is C23H15N4O4. The highest BCUT2D eigenvalue weighted by atomic mass is 16.1. The molecule has 0 N–H and O–H groups in total. The number of benzene rings is 2. The van der Waals surface area contributed by atoms with Crippen LogP contribution in [0.15, 0.2) is 86.7 Å². The van der Waals surface area contributed by atoms with E-state index in [1.165, 1.54) is 30.4 Å². The van der Waals surface area contributed by atoms with E-state index in [1.54, 1.807) is 60.7 Å². The van der Waals surface area contributed by atoms with Crippen LogP contribution in [0, 0.1) is 11.5 Å². The van der Waals surface area contributed by atoms with Crippen molar-refractivity contribution in [2.24, 2.45) is 25.4 Å². The van der Waals surface area contributed by atoms with Gasteiger partial charge in [-0.3, -0.25) is 0 Å². The monoisotopic (exact) mass is 411 g/mol. The van der Waals surface area contributed by atoms with Crippen molar-refractivity contribution in [1.82, 2.24) is 0 Å². The number of nitrogens with zero attached hydrogens (tertiary/aromatic N) is 4. The van der Waals surface area contributed by atoms with Gasteiger partial charge in [-0.2, -0.15) is 20.0 Å². The van der Waals surface area contributed by atoms with Crippen molar-refractivity contribution in [3.05, 3.63) is 83.9 Å². The van der Waals surface area contributed by atoms with E-state index < -0.39 is 16.7 Å². The molecule has 31 heavy (non-hydrogen) atoms. The first-order chi connectivity index (χ1) is 15.2. The average molecular weight is 411 g/mol. The molecule has 8 heteroatoms. The smallest absolute Gasteiger partial charge is 0.211 e. The second-order valence-electron chi connectivity index (χ2n) is 6.71. The highest BCUT2D eigenvalue weighted by Gasteiger charge is 2.66. The van der Waals surface area contributed by atoms with Crippen molar-refractivity contribution >= 4 is 24.3 Å². The van der Waals surface area contributed by atoms with E-state index in [4.69, 9.17) is 0 Å². The Morgan fingerprint density at radius 3 is 1.35 bits per heavy atom. The fraction of sp³-hybridized carbons (Fsp3) is 0.217. The van der Waals surface area contributed by atoms with Gasteiger partial charge in [0.15, 0.2) is 0 Å². The van der Waals surface area contributed by atoms with Crippen LogP contribution in [-0.4, -0.2) is 24.3 Å². The fourth-order valence-corrected chi connectivity index (χ4v) is 4.21. The third kappa shape index (κ3) is 3.24. The largest absolute Gasteiger partial charge is 0.237 e. The maximum Gasteiger partial charge on any atom is 0.237 e. The summed E-state index contributed by atoms with van der Waals surface area (Å²) in [6.45, 7) is 0. The van der Waals surface area contributed by atoms with Crippen molar-refractivity contribution < 1.29 is 19.2 Å². The van der Waals surface area contributed by atoms with Gasteiger partial charge in [0.1, 0.15) is 0 Å². The Kier molecular flexibility index (Phi) is 6.23. The van der Waals surface area contributed by atoms with Crippen LogP contribution in [0.4, 0.5) is 0 Å². The first-order valence-electron chi connectivity index (χ1n) is 9.21. The zero-order chi connectivity index (χ0) is 22.2. The summed E-state index contributed by atoms with van der Waals surface area (Å²) in [7, 11) is 0. The minimum atomic E-state index is -2.00. The quantitative estimate of drug-likeness (QED) is 0.490. The van der Waals surface area contributed by atoms with Gasteiger partial charge in [-0.25, -0.2) is 19.2 Å². The number of hydrogen-bond donors (Lipinski definition) is 0. The second kappa shape index (κ2) is 9.02. The molecule has 1 radical (unpaired) electrons. The molecule has 2 aromatic rings. The predicted molar refractivity (Wildman–Crippen MR) is 108 cm³/mol. The zero-order valence-electron chi connectivity index (χ0n) is 16.2. The minimum absolute atomic E-state index is 0.128. The SMILES string of the molecule is O=C=NC(N=C=O)(c1ccccc1)C1(C(N=C=O)(N=C=O)c2ccccc2)C=[C]CC1. The number of hydrogen-bond acceptors (Lipinski definition) is 8. The van der Waals surface area contributed by atoms with Crippen LogP contribution < -0.4 is 0 Å². The third-order valence-electron chi connectivity index (χ3n) is 5.44. The Morgan fingerprint density at radius 2 is 1.06 bits per heavy atom. The fourth-order valence-electron chi connectivity index (χ4n) is 4.21. The lowest BCUT2D eigenvalue weighted by Gasteiger charge is -2.48. The number of aliphatic imine (C=N–C) groups is 4. The first kappa shape index (κ1) is 21.4. The standard InChI is InChI=1S/C23H15N4O4/c28-15-24-22(25-16-29,19-9-3-1-4-10-19)21(13-7-8-14-21)23(26-17-30,27-18-31)20-11-5-2-6-12-20/h1-6,9-12,14H,7,13H2. The Labute approximate surface area is 177 Å². The molecule has 0 atom stereocenters. The van der Waals surface area contributed by atoms with Gasteiger partial charge in [-0.05, 0) is 18.9 Å². The molecule has 2 aromatic carbocycles. The van der Waals surface area contributed by atoms with Crippen LogP contribution in [0.25, 0.3) is 0 Å². The lowest BCUT2D eigenvalue weighted by Crippen LogP contribution is -2.53. The number of rotatable bonds is 8. The Morgan fingerprint density at radius 1 is 0.677 bits per heavy atom. The van der Waals surface area contributed by atoms with Gasteiger partial charge in [0.2, 0.25) is 35.6 Å². The summed E-state index contributed by atoms with van der Waals surface area (Å²) in [6.07, 6.45) is 10.9. The summed E-state index contributed by atoms with van der Waals surface area (Å²) >= 11 is 0. The summed E-state index contributed by atoms with van der Waals surface area (Å²) in [5.74, 6) is 0. The summed E-state index contributed by atoms with van der Waals surface area (Å²) < 4.78 is 0. The molecule has 3 rings (SSSR count). The number of carbonyl (C=O) groups excluding carboxylic acids is 4. The van der Waals surface area contributed by atoms with Crippen LogP contribution >= 0.6 is 0 Å². The Bertz CT molecular complexity index is 1050. The number of allylic oxidation sites excluding steroid dienone is 1. The van der Waals surface area contributed by atoms with Crippen LogP contribution in [-0.2, 0) is 30.5 Å². The lowest BCUT2D eigenvalue weighted by atomic mass is 9.61. The highest BCUT2D eigenvalue weighted by molar-refractivity contribution is 5.52. The maximum atomic E-state index is 11.6. The molecule has 0 amide bonds. The number of isocyanates is 4. The van der Waals surface area contributed by atoms with Crippen molar-refractivity contribution in [2.45, 2.75) is 24.2 Å². The second-order valence-corrected chi connectivity index (χ2v) is 6.71. The van der Waals surface area contributed by atoms with Gasteiger partial charge in [-0.15, -0.1) is 0 Å². The van der Waals surface area contributed by atoms with E-state index in [2.05, 4.69) is 26.0 Å². The van der Waals surface area contributed by atoms with Gasteiger partial charge in [0, 0.05) is 11.1 Å². The molecule has 0 unspecified atom stereocenters. The summed E-state index contributed by atoms with van der Waals surface area (Å²) in [6, 6.07) is 16.5. The first-order valence-corrected chi connectivity index (χ1v) is 9.21. The van der Waals surface area contributed by atoms with Crippen LogP contribution in [0.2, 0.25) is 0 Å². The molecule has 1 aliphatic rings. The lowest BCUT2D eigenvalue weighted by molar-refractivity contribution is 0.0759. The third-order valence-corrected chi connectivity index (χ3v) is 5.44. The molecule has 1 aliphatic carbocycles. The molecule has 0 saturated heterocycles. The molecule has 0 aromatic heterocycles. The highest BCUT2D eigenvalue weighted by Crippen LogP contribution is 2.62. The summed E-state index contributed by atoms with van der Waals surface area (Å²) in [5, 5.41) is 0. The average Bonchev–Trinajstić information content (AvgIpc) is 3.32. The molecule has 151 valence electrons. The molecule has 0 heterocycles. The molecule has 0 aliphatic heterocycles. The van der Waals surface area contributed by atoms with E-state index in [1.807, 2.05) is 0 Å². The van der Waals surface area contributed by atoms with Crippen molar-refractivity contribution in [3.63, 3.8) is 0 Å². The van der Waals surface area contributed by atoms with Crippen LogP contribution in [0.3, 0.4) is 0 Å². The molecule has 0 bridgehead atoms. The van der Waals surface area contributed by atoms with Crippen molar-refractivity contribution in [1.29, 1.82) is 0 Å². The van der Waals surface area contributed by atoms with Crippen molar-refractivity contribution in [2.75, 3.05) is 0 Å². The zero-order valence-corrected chi connectivity index (χ0v) is 16.2. The molecule has 0 spiro atoms. The molecule has 0 saturated carbocycles. The summed E-state index contributed by atoms with van der Waals surface area (Å²) in [4.78, 5) is 62.2. The van der Waals surface area contributed by atoms with E-state index >= 15 is 0 Å². The maximum absolute atomic E-state index is 11.6. The van der Waals surface area contributed by atoms with E-state index in [9.17, 15) is 19.2 Å². The van der Waals surface area contributed by atoms with Gasteiger partial charge >= 0.3 is 0 Å². The predicted octanol–water partition coefficient (Wildman–Crippen LogP) is 3.18. The van der Waals surface area contributed by atoms with Gasteiger partial charge < -0.3 is 0 Å². The van der Waals surface area contributed by atoms with Gasteiger partial charge in [0.25, 0.3) is 0 Å². The molecule has 8 nitrogen and oxygen atoms in total.